The van der Waals surface area contributed by atoms with E-state index in [1.54, 1.807) is 4.90 Å². The van der Waals surface area contributed by atoms with E-state index in [0.717, 1.165) is 26.2 Å². The van der Waals surface area contributed by atoms with Crippen LogP contribution in [0, 0.1) is 5.82 Å². The van der Waals surface area contributed by atoms with Crippen molar-refractivity contribution in [2.75, 3.05) is 53.0 Å². The van der Waals surface area contributed by atoms with Crippen molar-refractivity contribution in [2.24, 2.45) is 0 Å². The standard InChI is InChI=1S/C23H32FN3O5/c1-25-8-10-26(11-9-25)22(29)12-19-6-7-20-21(32-19)15-31-14-18(28)13-27(20)23(30)16-2-4-17(24)5-3-16/h2-5,18-21,28H,6-15H2,1H3/t18-,19-,20+,21-/m1/s1. The third-order valence-corrected chi connectivity index (χ3v) is 6.59. The summed E-state index contributed by atoms with van der Waals surface area (Å²) in [6.45, 7) is 3.67. The zero-order valence-electron chi connectivity index (χ0n) is 18.5. The quantitative estimate of drug-likeness (QED) is 0.733. The minimum Gasteiger partial charge on any atom is -0.389 e. The first-order valence-electron chi connectivity index (χ1n) is 11.3. The second-order valence-electron chi connectivity index (χ2n) is 8.99. The van der Waals surface area contributed by atoms with Gasteiger partial charge in [-0.3, -0.25) is 9.59 Å². The molecule has 0 saturated carbocycles. The summed E-state index contributed by atoms with van der Waals surface area (Å²) in [6.07, 6.45) is 0.196. The highest BCUT2D eigenvalue weighted by atomic mass is 19.1. The molecule has 0 radical (unpaired) electrons. The van der Waals surface area contributed by atoms with Crippen LogP contribution in [0.15, 0.2) is 24.3 Å². The molecule has 4 rings (SSSR count). The Hall–Kier alpha value is -2.07. The summed E-state index contributed by atoms with van der Waals surface area (Å²) in [4.78, 5) is 31.7. The minimum absolute atomic E-state index is 0.1000. The Bertz CT molecular complexity index is 799. The van der Waals surface area contributed by atoms with Gasteiger partial charge < -0.3 is 29.3 Å². The van der Waals surface area contributed by atoms with Crippen LogP contribution in [0.25, 0.3) is 0 Å². The molecule has 0 aliphatic carbocycles. The SMILES string of the molecule is CN1CCN(C(=O)C[C@H]2CC[C@H]3[C@@H](COC[C@H](O)CN3C(=O)c3ccc(F)cc3)O2)CC1. The number of ether oxygens (including phenoxy) is 2. The molecule has 3 heterocycles. The Morgan fingerprint density at radius 1 is 1.09 bits per heavy atom. The van der Waals surface area contributed by atoms with E-state index < -0.39 is 11.9 Å². The molecule has 0 bridgehead atoms. The zero-order chi connectivity index (χ0) is 22.7. The number of aliphatic hydroxyl groups excluding tert-OH is 1. The molecule has 1 N–H and O–H groups in total. The molecule has 1 aromatic rings. The van der Waals surface area contributed by atoms with E-state index in [1.165, 1.54) is 24.3 Å². The van der Waals surface area contributed by atoms with E-state index in [-0.39, 0.29) is 49.8 Å². The number of nitrogens with zero attached hydrogens (tertiary/aromatic N) is 3. The molecule has 0 spiro atoms. The van der Waals surface area contributed by atoms with Gasteiger partial charge in [0, 0.05) is 38.3 Å². The lowest BCUT2D eigenvalue weighted by Crippen LogP contribution is -2.57. The number of carbonyl (C=O) groups excluding carboxylic acids is 2. The van der Waals surface area contributed by atoms with Crippen molar-refractivity contribution in [1.29, 1.82) is 0 Å². The van der Waals surface area contributed by atoms with Crippen LogP contribution >= 0.6 is 0 Å². The van der Waals surface area contributed by atoms with Crippen LogP contribution < -0.4 is 0 Å². The second kappa shape index (κ2) is 10.2. The van der Waals surface area contributed by atoms with Gasteiger partial charge >= 0.3 is 0 Å². The number of hydrogen-bond acceptors (Lipinski definition) is 6. The van der Waals surface area contributed by atoms with Crippen LogP contribution in [0.2, 0.25) is 0 Å². The lowest BCUT2D eigenvalue weighted by Gasteiger charge is -2.44. The van der Waals surface area contributed by atoms with Crippen LogP contribution in [0.1, 0.15) is 29.6 Å². The van der Waals surface area contributed by atoms with Gasteiger partial charge in [-0.2, -0.15) is 0 Å². The first kappa shape index (κ1) is 23.1. The summed E-state index contributed by atoms with van der Waals surface area (Å²) < 4.78 is 25.2. The van der Waals surface area contributed by atoms with Gasteiger partial charge in [0.15, 0.2) is 0 Å². The van der Waals surface area contributed by atoms with Gasteiger partial charge in [-0.05, 0) is 44.2 Å². The van der Waals surface area contributed by atoms with Crippen LogP contribution in [0.3, 0.4) is 0 Å². The van der Waals surface area contributed by atoms with Crippen molar-refractivity contribution in [3.05, 3.63) is 35.6 Å². The smallest absolute Gasteiger partial charge is 0.254 e. The second-order valence-corrected chi connectivity index (χ2v) is 8.99. The highest BCUT2D eigenvalue weighted by molar-refractivity contribution is 5.94. The molecule has 9 heteroatoms. The number of fused-ring (bicyclic) bond motifs is 1. The molecule has 32 heavy (non-hydrogen) atoms. The maximum atomic E-state index is 13.3. The summed E-state index contributed by atoms with van der Waals surface area (Å²) in [5.41, 5.74) is 0.367. The van der Waals surface area contributed by atoms with Crippen molar-refractivity contribution in [1.82, 2.24) is 14.7 Å². The highest BCUT2D eigenvalue weighted by Gasteiger charge is 2.40. The average molecular weight is 450 g/mol. The number of piperazine rings is 1. The van der Waals surface area contributed by atoms with E-state index >= 15 is 0 Å². The zero-order valence-corrected chi connectivity index (χ0v) is 18.5. The third kappa shape index (κ3) is 5.46. The Balaban J connectivity index is 1.42. The van der Waals surface area contributed by atoms with E-state index in [0.29, 0.717) is 24.8 Å². The average Bonchev–Trinajstić information content (AvgIpc) is 2.77. The molecule has 0 unspecified atom stereocenters. The predicted molar refractivity (Wildman–Crippen MR) is 115 cm³/mol. The number of hydrogen-bond donors (Lipinski definition) is 1. The summed E-state index contributed by atoms with van der Waals surface area (Å²) >= 11 is 0. The maximum absolute atomic E-state index is 13.3. The van der Waals surface area contributed by atoms with E-state index in [1.807, 2.05) is 4.90 Å². The lowest BCUT2D eigenvalue weighted by atomic mass is 9.94. The maximum Gasteiger partial charge on any atom is 0.254 e. The van der Waals surface area contributed by atoms with Crippen molar-refractivity contribution in [3.63, 3.8) is 0 Å². The normalized spacial score (nSPS) is 29.7. The fraction of sp³-hybridized carbons (Fsp3) is 0.652. The molecule has 2 amide bonds. The van der Waals surface area contributed by atoms with Gasteiger partial charge in [0.05, 0.1) is 37.9 Å². The minimum atomic E-state index is -0.808. The number of aliphatic hydroxyl groups is 1. The Kier molecular flexibility index (Phi) is 7.40. The topological polar surface area (TPSA) is 82.6 Å². The molecule has 176 valence electrons. The molecule has 8 nitrogen and oxygen atoms in total. The molecular weight excluding hydrogens is 417 g/mol. The molecule has 3 aliphatic heterocycles. The van der Waals surface area contributed by atoms with E-state index in [4.69, 9.17) is 9.47 Å². The van der Waals surface area contributed by atoms with Crippen LogP contribution in [0.5, 0.6) is 0 Å². The van der Waals surface area contributed by atoms with E-state index in [2.05, 4.69) is 11.9 Å². The highest BCUT2D eigenvalue weighted by Crippen LogP contribution is 2.29. The monoisotopic (exact) mass is 449 g/mol. The summed E-state index contributed by atoms with van der Waals surface area (Å²) in [5, 5.41) is 10.3. The summed E-state index contributed by atoms with van der Waals surface area (Å²) in [5.74, 6) is -0.575. The van der Waals surface area contributed by atoms with Gasteiger partial charge in [-0.25, -0.2) is 4.39 Å². The van der Waals surface area contributed by atoms with Crippen molar-refractivity contribution in [2.45, 2.75) is 43.6 Å². The van der Waals surface area contributed by atoms with Crippen LogP contribution in [-0.2, 0) is 14.3 Å². The van der Waals surface area contributed by atoms with Crippen molar-refractivity contribution < 1.29 is 28.6 Å². The third-order valence-electron chi connectivity index (χ3n) is 6.59. The fourth-order valence-electron chi connectivity index (χ4n) is 4.71. The molecule has 1 aromatic carbocycles. The number of likely N-dealkylation sites (N-methyl/N-ethyl adjacent to an activating group) is 1. The number of rotatable bonds is 3. The summed E-state index contributed by atoms with van der Waals surface area (Å²) in [7, 11) is 2.05. The van der Waals surface area contributed by atoms with Crippen LogP contribution in [-0.4, -0.2) is 109 Å². The Morgan fingerprint density at radius 3 is 2.53 bits per heavy atom. The molecule has 3 saturated heterocycles. The Morgan fingerprint density at radius 2 is 1.81 bits per heavy atom. The van der Waals surface area contributed by atoms with Crippen LogP contribution in [0.4, 0.5) is 4.39 Å². The Labute approximate surface area is 187 Å². The number of β-amino-alcohol motifs (C(OH)–C–C–N with tert-alkyl or cyclic N) is 1. The van der Waals surface area contributed by atoms with Gasteiger partial charge in [0.1, 0.15) is 11.9 Å². The van der Waals surface area contributed by atoms with Gasteiger partial charge in [0.25, 0.3) is 5.91 Å². The number of amides is 2. The van der Waals surface area contributed by atoms with E-state index in [9.17, 15) is 19.1 Å². The van der Waals surface area contributed by atoms with Crippen molar-refractivity contribution >= 4 is 11.8 Å². The number of halogens is 1. The van der Waals surface area contributed by atoms with Gasteiger partial charge in [-0.15, -0.1) is 0 Å². The molecule has 4 atom stereocenters. The number of carbonyl (C=O) groups is 2. The fourth-order valence-corrected chi connectivity index (χ4v) is 4.71. The van der Waals surface area contributed by atoms with Crippen molar-refractivity contribution in [3.8, 4) is 0 Å². The molecule has 0 aromatic heterocycles. The molecular formula is C23H32FN3O5. The number of benzene rings is 1. The molecule has 3 fully saturated rings. The first-order valence-corrected chi connectivity index (χ1v) is 11.3. The van der Waals surface area contributed by atoms with Gasteiger partial charge in [-0.1, -0.05) is 0 Å². The van der Waals surface area contributed by atoms with Gasteiger partial charge in [0.2, 0.25) is 5.91 Å². The summed E-state index contributed by atoms with van der Waals surface area (Å²) in [6, 6.07) is 5.14. The lowest BCUT2D eigenvalue weighted by molar-refractivity contribution is -0.155. The predicted octanol–water partition coefficient (Wildman–Crippen LogP) is 0.739. The molecule has 3 aliphatic rings. The largest absolute Gasteiger partial charge is 0.389 e. The first-order chi connectivity index (χ1) is 15.4.